The van der Waals surface area contributed by atoms with Crippen LogP contribution in [0, 0.1) is 0 Å². The molecule has 8 N–H and O–H groups in total. The van der Waals surface area contributed by atoms with E-state index >= 15 is 0 Å². The third kappa shape index (κ3) is 6.71. The number of carboxylic acid groups (broad SMARTS) is 1. The lowest BCUT2D eigenvalue weighted by Gasteiger charge is -2.32. The van der Waals surface area contributed by atoms with Crippen LogP contribution in [0.2, 0.25) is 0 Å². The van der Waals surface area contributed by atoms with Crippen LogP contribution >= 0.6 is 12.4 Å². The number of nitrogens with two attached hydrogens (primary N) is 2. The largest absolute Gasteiger partial charge is 0.489 e. The number of aromatic hydroxyl groups is 1. The van der Waals surface area contributed by atoms with E-state index in [1.54, 1.807) is 4.90 Å². The number of anilines is 2. The van der Waals surface area contributed by atoms with Gasteiger partial charge in [0.25, 0.3) is 22.6 Å². The summed E-state index contributed by atoms with van der Waals surface area (Å²) in [6.45, 7) is 1.08. The first-order valence-electron chi connectivity index (χ1n) is 15.3. The number of nitrogen functional groups attached to an aromatic ring is 1. The van der Waals surface area contributed by atoms with Crippen LogP contribution in [0.15, 0.2) is 61.4 Å². The molecule has 8 rings (SSSR count). The molecule has 0 saturated heterocycles. The molecular weight excluding hydrogens is 700 g/mol. The molecule has 0 bridgehead atoms. The van der Waals surface area contributed by atoms with Gasteiger partial charge in [-0.3, -0.25) is 23.9 Å². The summed E-state index contributed by atoms with van der Waals surface area (Å²) in [5.41, 5.74) is 15.9. The maximum atomic E-state index is 12.7. The van der Waals surface area contributed by atoms with E-state index in [0.29, 0.717) is 25.3 Å². The van der Waals surface area contributed by atoms with E-state index in [-0.39, 0.29) is 60.8 Å². The maximum Gasteiger partial charge on any atom is 0.439 e. The first kappa shape index (κ1) is 36.9. The molecule has 0 radical (unpaired) electrons. The second kappa shape index (κ2) is 14.4. The van der Waals surface area contributed by atoms with E-state index < -0.39 is 34.4 Å². The molecule has 1 aliphatic carbocycles. The van der Waals surface area contributed by atoms with Crippen LogP contribution in [0.4, 0.5) is 11.4 Å². The normalized spacial score (nSPS) is 14.4. The molecule has 1 amide bonds. The summed E-state index contributed by atoms with van der Waals surface area (Å²) in [6.07, 6.45) is 2.63. The summed E-state index contributed by atoms with van der Waals surface area (Å²) in [7, 11) is 0. The molecule has 4 heterocycles. The van der Waals surface area contributed by atoms with Crippen LogP contribution < -0.4 is 38.3 Å². The zero-order chi connectivity index (χ0) is 35.3. The molecule has 52 heavy (non-hydrogen) atoms. The predicted molar refractivity (Wildman–Crippen MR) is 189 cm³/mol. The summed E-state index contributed by atoms with van der Waals surface area (Å²) in [4.78, 5) is 66.6. The lowest BCUT2D eigenvalue weighted by Crippen LogP contribution is -2.44. The standard InChI is InChI=1S/C21H17N7O6.C11H11N3O2.CH4.ClH/c22-14-15(17(30)16(14)29)27-4-3-10-2-1-9(5-11(10)8-27)7-23-19(31)12-6-13(21(33)34)28-18(24-12)20(32)25-26-28;12-9-4-2-6-5-7(1-3-8(6)9)10-13-11(15)16-14-10;;/h1-2,5-6,32H,3-4,7-8,22H2,(H,23,31)(H,33,34);1,3,5,9H,2,4,12H2,(H,13,14,15);1H4;1H/t;9-;;/m.0../s1. The molecule has 0 unspecified atom stereocenters. The molecule has 2 aliphatic rings. The van der Waals surface area contributed by atoms with E-state index in [4.69, 9.17) is 11.5 Å². The van der Waals surface area contributed by atoms with Crippen molar-refractivity contribution >= 4 is 41.3 Å². The lowest BCUT2D eigenvalue weighted by molar-refractivity contribution is 0.0687. The Balaban J connectivity index is 0.000000244. The van der Waals surface area contributed by atoms with Gasteiger partial charge in [-0.15, -0.1) is 12.4 Å². The Morgan fingerprint density at radius 3 is 2.54 bits per heavy atom. The van der Waals surface area contributed by atoms with Crippen molar-refractivity contribution in [2.24, 2.45) is 5.73 Å². The van der Waals surface area contributed by atoms with E-state index in [1.165, 1.54) is 11.1 Å². The minimum atomic E-state index is -1.37. The van der Waals surface area contributed by atoms with Crippen molar-refractivity contribution in [3.05, 3.63) is 113 Å². The van der Waals surface area contributed by atoms with E-state index in [1.807, 2.05) is 36.4 Å². The second-order valence-electron chi connectivity index (χ2n) is 11.9. The van der Waals surface area contributed by atoms with Crippen LogP contribution in [0.5, 0.6) is 5.88 Å². The Bertz CT molecular complexity index is 2460. The van der Waals surface area contributed by atoms with E-state index in [9.17, 15) is 34.2 Å². The average Bonchev–Trinajstić information content (AvgIpc) is 3.84. The Hall–Kier alpha value is -6.40. The number of nitrogens with zero attached hydrogens (tertiary/aromatic N) is 6. The zero-order valence-electron chi connectivity index (χ0n) is 26.5. The van der Waals surface area contributed by atoms with Crippen molar-refractivity contribution in [1.82, 2.24) is 35.3 Å². The highest BCUT2D eigenvalue weighted by Crippen LogP contribution is 2.32. The Labute approximate surface area is 299 Å². The molecule has 6 aromatic rings. The van der Waals surface area contributed by atoms with Gasteiger partial charge in [-0.2, -0.15) is 4.52 Å². The van der Waals surface area contributed by atoms with Gasteiger partial charge in [-0.1, -0.05) is 53.2 Å². The Morgan fingerprint density at radius 1 is 1.04 bits per heavy atom. The highest BCUT2D eigenvalue weighted by atomic mass is 35.5. The number of hydrogen-bond donors (Lipinski definition) is 6. The molecule has 0 saturated carbocycles. The van der Waals surface area contributed by atoms with Crippen molar-refractivity contribution < 1.29 is 24.3 Å². The number of aromatic nitrogens is 6. The SMILES string of the molecule is C.Cl.N[C@H]1CCc2cc(-c3noc(=O)[nH]3)ccc21.Nc1c(N2CCc3ccc(CNC(=O)c4cc(C(=O)O)n5nnc(O)c5n4)cc3C2)c(=O)c1=O. The quantitative estimate of drug-likeness (QED) is 0.131. The number of aryl methyl sites for hydroxylation is 1. The molecule has 18 nitrogen and oxygen atoms in total. The minimum absolute atomic E-state index is 0. The molecule has 1 aliphatic heterocycles. The van der Waals surface area contributed by atoms with Crippen molar-refractivity contribution in [3.63, 3.8) is 0 Å². The number of carbonyl (C=O) groups is 2. The fourth-order valence-electron chi connectivity index (χ4n) is 6.18. The summed E-state index contributed by atoms with van der Waals surface area (Å²) >= 11 is 0. The number of fused-ring (bicyclic) bond motifs is 3. The fourth-order valence-corrected chi connectivity index (χ4v) is 6.18. The third-order valence-electron chi connectivity index (χ3n) is 8.76. The molecule has 3 aromatic heterocycles. The number of aromatic carboxylic acids is 1. The number of carboxylic acids is 1. The number of amides is 1. The Kier molecular flexibility index (Phi) is 10.2. The Morgan fingerprint density at radius 2 is 1.83 bits per heavy atom. The summed E-state index contributed by atoms with van der Waals surface area (Å²) < 4.78 is 5.30. The van der Waals surface area contributed by atoms with Gasteiger partial charge in [-0.25, -0.2) is 14.6 Å². The average molecular weight is 733 g/mol. The second-order valence-corrected chi connectivity index (χ2v) is 11.9. The smallest absolute Gasteiger partial charge is 0.439 e. The number of benzene rings is 2. The van der Waals surface area contributed by atoms with Crippen LogP contribution in [0.1, 0.15) is 68.7 Å². The zero-order valence-corrected chi connectivity index (χ0v) is 27.3. The van der Waals surface area contributed by atoms with Crippen LogP contribution in [-0.2, 0) is 25.9 Å². The van der Waals surface area contributed by atoms with Gasteiger partial charge in [0.15, 0.2) is 11.5 Å². The summed E-state index contributed by atoms with van der Waals surface area (Å²) in [5, 5.41) is 32.3. The molecular formula is C33H33ClN10O8. The molecule has 270 valence electrons. The fraction of sp³-hybridized carbons (Fsp3) is 0.242. The number of rotatable bonds is 6. The van der Waals surface area contributed by atoms with Gasteiger partial charge in [0.1, 0.15) is 17.1 Å². The number of nitrogens with one attached hydrogen (secondary N) is 2. The molecule has 19 heteroatoms. The van der Waals surface area contributed by atoms with Crippen LogP contribution in [0.3, 0.4) is 0 Å². The number of aromatic amines is 1. The van der Waals surface area contributed by atoms with Crippen LogP contribution in [0.25, 0.3) is 17.0 Å². The molecule has 1 atom stereocenters. The van der Waals surface area contributed by atoms with Gasteiger partial charge in [0.2, 0.25) is 5.65 Å². The summed E-state index contributed by atoms with van der Waals surface area (Å²) in [6, 6.07) is 12.8. The number of halogens is 1. The van der Waals surface area contributed by atoms with E-state index in [0.717, 1.165) is 45.7 Å². The van der Waals surface area contributed by atoms with Crippen LogP contribution in [-0.4, -0.2) is 58.6 Å². The monoisotopic (exact) mass is 732 g/mol. The highest BCUT2D eigenvalue weighted by molar-refractivity contribution is 5.96. The number of hydrogen-bond acceptors (Lipinski definition) is 14. The summed E-state index contributed by atoms with van der Waals surface area (Å²) in [5.74, 6) is -2.69. The third-order valence-corrected chi connectivity index (χ3v) is 8.76. The van der Waals surface area contributed by atoms with Crippen molar-refractivity contribution in [1.29, 1.82) is 0 Å². The highest BCUT2D eigenvalue weighted by Gasteiger charge is 2.27. The molecule has 3 aromatic carbocycles. The number of H-pyrrole nitrogens is 1. The lowest BCUT2D eigenvalue weighted by atomic mass is 9.96. The van der Waals surface area contributed by atoms with Crippen molar-refractivity contribution in [3.8, 4) is 17.3 Å². The van der Waals surface area contributed by atoms with Gasteiger partial charge in [0, 0.05) is 37.3 Å². The van der Waals surface area contributed by atoms with Gasteiger partial charge < -0.3 is 31.9 Å². The molecule has 0 spiro atoms. The van der Waals surface area contributed by atoms with Crippen molar-refractivity contribution in [2.75, 3.05) is 17.2 Å². The molecule has 0 fully saturated rings. The maximum absolute atomic E-state index is 12.7. The number of carbonyl (C=O) groups excluding carboxylic acids is 1. The van der Waals surface area contributed by atoms with Gasteiger partial charge in [0.05, 0.1) is 0 Å². The van der Waals surface area contributed by atoms with Gasteiger partial charge in [-0.05, 0) is 53.1 Å². The van der Waals surface area contributed by atoms with Gasteiger partial charge >= 0.3 is 11.7 Å². The van der Waals surface area contributed by atoms with Crippen molar-refractivity contribution in [2.45, 2.75) is 45.8 Å². The first-order chi connectivity index (χ1) is 24.0. The topological polar surface area (TPSA) is 278 Å². The first-order valence-corrected chi connectivity index (χ1v) is 15.3. The predicted octanol–water partition coefficient (Wildman–Crippen LogP) is 1.23. The minimum Gasteiger partial charge on any atom is -0.489 e. The van der Waals surface area contributed by atoms with E-state index in [2.05, 4.69) is 35.3 Å².